The fourth-order valence-corrected chi connectivity index (χ4v) is 2.88. The maximum absolute atomic E-state index is 11.8. The first-order valence-corrected chi connectivity index (χ1v) is 7.15. The van der Waals surface area contributed by atoms with Gasteiger partial charge in [-0.25, -0.2) is 0 Å². The van der Waals surface area contributed by atoms with Crippen LogP contribution in [0.1, 0.15) is 23.6 Å². The number of carbonyl (C=O) groups is 1. The van der Waals surface area contributed by atoms with Crippen LogP contribution in [0.3, 0.4) is 0 Å². The number of hydrogen-bond donors (Lipinski definition) is 1. The summed E-state index contributed by atoms with van der Waals surface area (Å²) in [7, 11) is 1.61. The van der Waals surface area contributed by atoms with Crippen LogP contribution in [0.5, 0.6) is 0 Å². The fraction of sp³-hybridized carbons (Fsp3) is 0.500. The summed E-state index contributed by atoms with van der Waals surface area (Å²) >= 11 is 3.55. The zero-order valence-electron chi connectivity index (χ0n) is 10.9. The van der Waals surface area contributed by atoms with Crippen molar-refractivity contribution in [2.75, 3.05) is 26.9 Å². The summed E-state index contributed by atoms with van der Waals surface area (Å²) in [6.45, 7) is 1.03. The quantitative estimate of drug-likeness (QED) is 0.815. The third-order valence-corrected chi connectivity index (χ3v) is 3.96. The van der Waals surface area contributed by atoms with Gasteiger partial charge in [-0.1, -0.05) is 28.1 Å². The van der Waals surface area contributed by atoms with Gasteiger partial charge in [-0.3, -0.25) is 4.79 Å². The Balaban J connectivity index is 1.85. The molecule has 1 amide bonds. The molecule has 0 aromatic heterocycles. The molecule has 2 rings (SSSR count). The second kappa shape index (κ2) is 7.03. The third-order valence-electron chi connectivity index (χ3n) is 3.21. The maximum Gasteiger partial charge on any atom is 0.246 e. The number of benzene rings is 1. The number of methoxy groups -OCH3 is 1. The van der Waals surface area contributed by atoms with Gasteiger partial charge in [0.2, 0.25) is 5.91 Å². The lowest BCUT2D eigenvalue weighted by atomic mass is 10.1. The molecule has 0 saturated carbocycles. The Kier molecular flexibility index (Phi) is 5.36. The van der Waals surface area contributed by atoms with Gasteiger partial charge in [0.1, 0.15) is 6.61 Å². The number of carbonyl (C=O) groups excluding carboxylic acids is 1. The molecule has 104 valence electrons. The van der Waals surface area contributed by atoms with E-state index in [0.29, 0.717) is 13.2 Å². The third kappa shape index (κ3) is 3.78. The zero-order valence-corrected chi connectivity index (χ0v) is 12.5. The van der Waals surface area contributed by atoms with Gasteiger partial charge in [-0.15, -0.1) is 0 Å². The Labute approximate surface area is 121 Å². The lowest BCUT2D eigenvalue weighted by Gasteiger charge is -2.14. The van der Waals surface area contributed by atoms with E-state index in [1.807, 2.05) is 12.1 Å². The summed E-state index contributed by atoms with van der Waals surface area (Å²) in [5.41, 5.74) is 2.51. The predicted octanol–water partition coefficient (Wildman–Crippen LogP) is 2.22. The van der Waals surface area contributed by atoms with Crippen LogP contribution in [0.4, 0.5) is 0 Å². The minimum Gasteiger partial charge on any atom is -0.382 e. The van der Waals surface area contributed by atoms with Crippen molar-refractivity contribution in [1.82, 2.24) is 5.32 Å². The first kappa shape index (κ1) is 14.5. The topological polar surface area (TPSA) is 47.6 Å². The van der Waals surface area contributed by atoms with Crippen molar-refractivity contribution in [1.29, 1.82) is 0 Å². The lowest BCUT2D eigenvalue weighted by molar-refractivity contribution is -0.126. The number of ether oxygens (including phenoxy) is 2. The highest BCUT2D eigenvalue weighted by Crippen LogP contribution is 2.35. The highest BCUT2D eigenvalue weighted by Gasteiger charge is 2.25. The molecule has 0 radical (unpaired) electrons. The highest BCUT2D eigenvalue weighted by molar-refractivity contribution is 9.10. The van der Waals surface area contributed by atoms with E-state index in [4.69, 9.17) is 9.47 Å². The van der Waals surface area contributed by atoms with E-state index in [9.17, 15) is 4.79 Å². The van der Waals surface area contributed by atoms with Crippen molar-refractivity contribution in [2.24, 2.45) is 0 Å². The van der Waals surface area contributed by atoms with E-state index in [2.05, 4.69) is 27.3 Å². The van der Waals surface area contributed by atoms with E-state index in [0.717, 1.165) is 17.3 Å². The molecule has 19 heavy (non-hydrogen) atoms. The van der Waals surface area contributed by atoms with Gasteiger partial charge in [0.25, 0.3) is 0 Å². The van der Waals surface area contributed by atoms with Crippen LogP contribution in [-0.4, -0.2) is 32.8 Å². The molecular weight excluding hydrogens is 310 g/mol. The van der Waals surface area contributed by atoms with Gasteiger partial charge in [0, 0.05) is 11.6 Å². The summed E-state index contributed by atoms with van der Waals surface area (Å²) in [5, 5.41) is 3.01. The van der Waals surface area contributed by atoms with Gasteiger partial charge in [0.05, 0.1) is 19.3 Å². The largest absolute Gasteiger partial charge is 0.382 e. The summed E-state index contributed by atoms with van der Waals surface area (Å²) in [5.74, 6) is -0.0751. The Morgan fingerprint density at radius 1 is 1.47 bits per heavy atom. The second-order valence-corrected chi connectivity index (χ2v) is 5.37. The molecule has 0 unspecified atom stereocenters. The Morgan fingerprint density at radius 3 is 3.11 bits per heavy atom. The number of nitrogens with one attached hydrogen (secondary N) is 1. The van der Waals surface area contributed by atoms with E-state index in [1.54, 1.807) is 7.11 Å². The first-order chi connectivity index (χ1) is 9.22. The second-order valence-electron chi connectivity index (χ2n) is 4.51. The summed E-state index contributed by atoms with van der Waals surface area (Å²) in [4.78, 5) is 11.8. The number of fused-ring (bicyclic) bond motifs is 1. The number of amides is 1. The molecule has 0 fully saturated rings. The molecule has 0 spiro atoms. The SMILES string of the molecule is COCCOCC(=O)N[C@H]1CCc2c(Br)cccc21. The molecule has 0 heterocycles. The zero-order chi connectivity index (χ0) is 13.7. The molecule has 4 nitrogen and oxygen atoms in total. The lowest BCUT2D eigenvalue weighted by Crippen LogP contribution is -2.31. The van der Waals surface area contributed by atoms with Gasteiger partial charge < -0.3 is 14.8 Å². The van der Waals surface area contributed by atoms with Crippen molar-refractivity contribution < 1.29 is 14.3 Å². The Hall–Kier alpha value is -0.910. The van der Waals surface area contributed by atoms with Gasteiger partial charge in [0.15, 0.2) is 0 Å². The maximum atomic E-state index is 11.8. The van der Waals surface area contributed by atoms with E-state index in [1.165, 1.54) is 11.1 Å². The molecule has 0 aliphatic heterocycles. The smallest absolute Gasteiger partial charge is 0.246 e. The molecule has 0 bridgehead atoms. The van der Waals surface area contributed by atoms with Crippen molar-refractivity contribution in [2.45, 2.75) is 18.9 Å². The van der Waals surface area contributed by atoms with Crippen LogP contribution in [0.15, 0.2) is 22.7 Å². The molecule has 1 N–H and O–H groups in total. The normalized spacial score (nSPS) is 17.3. The average molecular weight is 328 g/mol. The van der Waals surface area contributed by atoms with Crippen LogP contribution in [0, 0.1) is 0 Å². The molecule has 1 atom stereocenters. The van der Waals surface area contributed by atoms with Crippen LogP contribution < -0.4 is 5.32 Å². The van der Waals surface area contributed by atoms with Crippen molar-refractivity contribution in [3.05, 3.63) is 33.8 Å². The van der Waals surface area contributed by atoms with E-state index < -0.39 is 0 Å². The summed E-state index contributed by atoms with van der Waals surface area (Å²) < 4.78 is 11.2. The summed E-state index contributed by atoms with van der Waals surface area (Å²) in [6.07, 6.45) is 1.94. The Morgan fingerprint density at radius 2 is 2.32 bits per heavy atom. The van der Waals surface area contributed by atoms with Gasteiger partial charge in [-0.2, -0.15) is 0 Å². The van der Waals surface area contributed by atoms with E-state index >= 15 is 0 Å². The van der Waals surface area contributed by atoms with E-state index in [-0.39, 0.29) is 18.6 Å². The van der Waals surface area contributed by atoms with Crippen LogP contribution >= 0.6 is 15.9 Å². The minimum atomic E-state index is -0.0751. The number of hydrogen-bond acceptors (Lipinski definition) is 3. The summed E-state index contributed by atoms with van der Waals surface area (Å²) in [6, 6.07) is 6.22. The van der Waals surface area contributed by atoms with Crippen LogP contribution in [0.25, 0.3) is 0 Å². The average Bonchev–Trinajstić information content (AvgIpc) is 2.80. The molecule has 1 aromatic carbocycles. The molecule has 0 saturated heterocycles. The number of halogens is 1. The first-order valence-electron chi connectivity index (χ1n) is 6.35. The van der Waals surface area contributed by atoms with Crippen LogP contribution in [-0.2, 0) is 20.7 Å². The van der Waals surface area contributed by atoms with Crippen molar-refractivity contribution in [3.63, 3.8) is 0 Å². The Bertz CT molecular complexity index is 450. The number of rotatable bonds is 6. The molecule has 5 heteroatoms. The molecule has 1 aliphatic rings. The van der Waals surface area contributed by atoms with Crippen LogP contribution in [0.2, 0.25) is 0 Å². The van der Waals surface area contributed by atoms with Gasteiger partial charge in [-0.05, 0) is 30.0 Å². The highest BCUT2D eigenvalue weighted by atomic mass is 79.9. The molecule has 1 aromatic rings. The fourth-order valence-electron chi connectivity index (χ4n) is 2.30. The predicted molar refractivity (Wildman–Crippen MR) is 76.0 cm³/mol. The molecule has 1 aliphatic carbocycles. The molecular formula is C14H18BrNO3. The standard InChI is InChI=1S/C14H18BrNO3/c1-18-7-8-19-9-14(17)16-13-6-5-10-11(13)3-2-4-12(10)15/h2-4,13H,5-9H2,1H3,(H,16,17)/t13-/m0/s1. The van der Waals surface area contributed by atoms with Crippen molar-refractivity contribution >= 4 is 21.8 Å². The monoisotopic (exact) mass is 327 g/mol. The van der Waals surface area contributed by atoms with Crippen molar-refractivity contribution in [3.8, 4) is 0 Å². The minimum absolute atomic E-state index is 0.0751. The van der Waals surface area contributed by atoms with Gasteiger partial charge >= 0.3 is 0 Å².